The predicted octanol–water partition coefficient (Wildman–Crippen LogP) is 7.74. The molecule has 154 valence electrons. The molecule has 2 nitrogen and oxygen atoms in total. The van der Waals surface area contributed by atoms with Crippen molar-refractivity contribution in [3.05, 3.63) is 37.6 Å². The number of aliphatic hydroxyl groups is 1. The van der Waals surface area contributed by atoms with Gasteiger partial charge in [0.05, 0.1) is 12.9 Å². The Kier molecular flexibility index (Phi) is 30.1. The molecule has 0 saturated carbocycles. The average Bonchev–Trinajstić information content (AvgIpc) is 2.65. The zero-order valence-corrected chi connectivity index (χ0v) is 17.6. The molecular formula is C24H46O2. The van der Waals surface area contributed by atoms with Crippen LogP contribution in [0.3, 0.4) is 0 Å². The minimum atomic E-state index is 0.226. The second kappa shape index (κ2) is 28.8. The second-order valence-electron chi connectivity index (χ2n) is 6.78. The van der Waals surface area contributed by atoms with E-state index in [0.717, 1.165) is 6.61 Å². The molecule has 0 amide bonds. The van der Waals surface area contributed by atoms with Gasteiger partial charge >= 0.3 is 0 Å². The SMILES string of the molecule is C=CCCO.C=COCCCCCCCC/C=C\CCCCCCCC. The maximum atomic E-state index is 8.00. The first-order valence-electron chi connectivity index (χ1n) is 10.9. The largest absolute Gasteiger partial charge is 0.502 e. The van der Waals surface area contributed by atoms with E-state index in [1.807, 2.05) is 0 Å². The lowest BCUT2D eigenvalue weighted by Crippen LogP contribution is -1.87. The molecule has 0 bridgehead atoms. The van der Waals surface area contributed by atoms with E-state index in [0.29, 0.717) is 6.42 Å². The van der Waals surface area contributed by atoms with Crippen molar-refractivity contribution >= 4 is 0 Å². The Morgan fingerprint density at radius 2 is 1.19 bits per heavy atom. The highest BCUT2D eigenvalue weighted by Crippen LogP contribution is 2.09. The first-order chi connectivity index (χ1) is 12.8. The van der Waals surface area contributed by atoms with Crippen LogP contribution in [0.4, 0.5) is 0 Å². The van der Waals surface area contributed by atoms with Crippen LogP contribution >= 0.6 is 0 Å². The Morgan fingerprint density at radius 3 is 1.62 bits per heavy atom. The molecule has 0 aromatic heterocycles. The Bertz CT molecular complexity index is 284. The van der Waals surface area contributed by atoms with E-state index >= 15 is 0 Å². The minimum absolute atomic E-state index is 0.226. The molecule has 2 heteroatoms. The molecule has 0 aromatic carbocycles. The number of hydrogen-bond acceptors (Lipinski definition) is 2. The quantitative estimate of drug-likeness (QED) is 0.144. The normalized spacial score (nSPS) is 10.4. The van der Waals surface area contributed by atoms with Crippen molar-refractivity contribution in [2.75, 3.05) is 13.2 Å². The van der Waals surface area contributed by atoms with Gasteiger partial charge in [0.1, 0.15) is 0 Å². The maximum Gasteiger partial charge on any atom is 0.0873 e. The highest BCUT2D eigenvalue weighted by molar-refractivity contribution is 4.81. The summed E-state index contributed by atoms with van der Waals surface area (Å²) < 4.78 is 5.11. The van der Waals surface area contributed by atoms with Crippen LogP contribution in [0.25, 0.3) is 0 Å². The fourth-order valence-electron chi connectivity index (χ4n) is 2.61. The molecule has 0 aliphatic carbocycles. The smallest absolute Gasteiger partial charge is 0.0873 e. The monoisotopic (exact) mass is 366 g/mol. The van der Waals surface area contributed by atoms with Gasteiger partial charge in [0, 0.05) is 6.61 Å². The van der Waals surface area contributed by atoms with E-state index in [1.165, 1.54) is 96.2 Å². The molecule has 0 fully saturated rings. The summed E-state index contributed by atoms with van der Waals surface area (Å²) in [4.78, 5) is 0. The summed E-state index contributed by atoms with van der Waals surface area (Å²) in [5, 5.41) is 8.00. The summed E-state index contributed by atoms with van der Waals surface area (Å²) in [5.41, 5.74) is 0. The number of allylic oxidation sites excluding steroid dienone is 2. The number of aliphatic hydroxyl groups excluding tert-OH is 1. The summed E-state index contributed by atoms with van der Waals surface area (Å²) in [6.07, 6.45) is 27.6. The Morgan fingerprint density at radius 1 is 0.692 bits per heavy atom. The Hall–Kier alpha value is -1.02. The molecular weight excluding hydrogens is 320 g/mol. The van der Waals surface area contributed by atoms with Crippen molar-refractivity contribution in [3.8, 4) is 0 Å². The molecule has 1 N–H and O–H groups in total. The minimum Gasteiger partial charge on any atom is -0.502 e. The van der Waals surface area contributed by atoms with Crippen LogP contribution in [0.5, 0.6) is 0 Å². The summed E-state index contributed by atoms with van der Waals surface area (Å²) in [5.74, 6) is 0. The van der Waals surface area contributed by atoms with E-state index in [9.17, 15) is 0 Å². The van der Waals surface area contributed by atoms with Crippen LogP contribution in [0.2, 0.25) is 0 Å². The van der Waals surface area contributed by atoms with Crippen molar-refractivity contribution in [1.82, 2.24) is 0 Å². The Labute approximate surface area is 164 Å². The topological polar surface area (TPSA) is 29.5 Å². The number of rotatable bonds is 19. The summed E-state index contributed by atoms with van der Waals surface area (Å²) >= 11 is 0. The second-order valence-corrected chi connectivity index (χ2v) is 6.78. The average molecular weight is 367 g/mol. The zero-order chi connectivity index (χ0) is 19.6. The molecule has 0 aromatic rings. The van der Waals surface area contributed by atoms with Crippen LogP contribution in [-0.4, -0.2) is 18.3 Å². The standard InChI is InChI=1S/C20H38O.C4H8O/c1-3-5-6-7-8-9-10-11-12-13-14-15-16-17-18-19-20-21-4-2;1-2-3-4-5/h4,11-12H,2-3,5-10,13-20H2,1H3;2,5H,1,3-4H2/b12-11-;. The van der Waals surface area contributed by atoms with Crippen molar-refractivity contribution in [3.63, 3.8) is 0 Å². The third-order valence-electron chi connectivity index (χ3n) is 4.23. The van der Waals surface area contributed by atoms with Gasteiger partial charge in [-0.25, -0.2) is 0 Å². The molecule has 0 radical (unpaired) electrons. The van der Waals surface area contributed by atoms with E-state index in [1.54, 1.807) is 6.08 Å². The molecule has 0 heterocycles. The molecule has 0 unspecified atom stereocenters. The van der Waals surface area contributed by atoms with Gasteiger partial charge in [-0.15, -0.1) is 6.58 Å². The molecule has 0 aliphatic rings. The highest BCUT2D eigenvalue weighted by atomic mass is 16.5. The highest BCUT2D eigenvalue weighted by Gasteiger charge is 1.91. The molecule has 0 aliphatic heterocycles. The third kappa shape index (κ3) is 30.8. The van der Waals surface area contributed by atoms with Gasteiger partial charge < -0.3 is 9.84 Å². The van der Waals surface area contributed by atoms with E-state index in [4.69, 9.17) is 9.84 Å². The van der Waals surface area contributed by atoms with Crippen LogP contribution in [0.15, 0.2) is 37.6 Å². The van der Waals surface area contributed by atoms with Crippen LogP contribution in [0, 0.1) is 0 Å². The predicted molar refractivity (Wildman–Crippen MR) is 118 cm³/mol. The number of ether oxygens (including phenoxy) is 1. The molecule has 0 spiro atoms. The first-order valence-corrected chi connectivity index (χ1v) is 10.9. The summed E-state index contributed by atoms with van der Waals surface area (Å²) in [7, 11) is 0. The van der Waals surface area contributed by atoms with Gasteiger partial charge in [-0.2, -0.15) is 0 Å². The summed E-state index contributed by atoms with van der Waals surface area (Å²) in [6.45, 7) is 10.3. The molecule has 0 atom stereocenters. The lowest BCUT2D eigenvalue weighted by atomic mass is 10.1. The third-order valence-corrected chi connectivity index (χ3v) is 4.23. The van der Waals surface area contributed by atoms with Gasteiger partial charge in [-0.3, -0.25) is 0 Å². The fourth-order valence-corrected chi connectivity index (χ4v) is 2.61. The van der Waals surface area contributed by atoms with E-state index < -0.39 is 0 Å². The summed E-state index contributed by atoms with van der Waals surface area (Å²) in [6, 6.07) is 0. The van der Waals surface area contributed by atoms with Crippen LogP contribution in [0.1, 0.15) is 103 Å². The van der Waals surface area contributed by atoms with E-state index in [2.05, 4.69) is 32.2 Å². The van der Waals surface area contributed by atoms with Gasteiger partial charge in [0.2, 0.25) is 0 Å². The van der Waals surface area contributed by atoms with Gasteiger partial charge in [0.25, 0.3) is 0 Å². The van der Waals surface area contributed by atoms with Crippen LogP contribution < -0.4 is 0 Å². The number of unbranched alkanes of at least 4 members (excludes halogenated alkanes) is 12. The van der Waals surface area contributed by atoms with Crippen molar-refractivity contribution < 1.29 is 9.84 Å². The fraction of sp³-hybridized carbons (Fsp3) is 0.750. The maximum absolute atomic E-state index is 8.00. The molecule has 0 rings (SSSR count). The lowest BCUT2D eigenvalue weighted by Gasteiger charge is -2.01. The van der Waals surface area contributed by atoms with Crippen molar-refractivity contribution in [2.24, 2.45) is 0 Å². The van der Waals surface area contributed by atoms with Gasteiger partial charge in [0.15, 0.2) is 0 Å². The van der Waals surface area contributed by atoms with Crippen LogP contribution in [-0.2, 0) is 4.74 Å². The lowest BCUT2D eigenvalue weighted by molar-refractivity contribution is 0.241. The van der Waals surface area contributed by atoms with E-state index in [-0.39, 0.29) is 6.61 Å². The van der Waals surface area contributed by atoms with Crippen molar-refractivity contribution in [2.45, 2.75) is 103 Å². The molecule has 0 saturated heterocycles. The number of hydrogen-bond donors (Lipinski definition) is 1. The Balaban J connectivity index is 0. The van der Waals surface area contributed by atoms with Gasteiger partial charge in [-0.05, 0) is 38.5 Å². The van der Waals surface area contributed by atoms with Crippen molar-refractivity contribution in [1.29, 1.82) is 0 Å². The first kappa shape index (κ1) is 27.2. The van der Waals surface area contributed by atoms with Gasteiger partial charge in [-0.1, -0.05) is 89.5 Å². The zero-order valence-electron chi connectivity index (χ0n) is 17.6. The molecule has 26 heavy (non-hydrogen) atoms.